The number of sulfone groups is 1. The average Bonchev–Trinajstić information content (AvgIpc) is 3.13. The van der Waals surface area contributed by atoms with Crippen molar-refractivity contribution in [3.63, 3.8) is 0 Å². The number of hydrazone groups is 1. The molecule has 16 nitrogen and oxygen atoms in total. The third kappa shape index (κ3) is 9.50. The molecule has 41 heavy (non-hydrogen) atoms. The van der Waals surface area contributed by atoms with Crippen LogP contribution in [0.4, 0.5) is 11.4 Å². The molecule has 1 aliphatic rings. The van der Waals surface area contributed by atoms with E-state index in [2.05, 4.69) is 19.5 Å². The number of rotatable bonds is 11. The Morgan fingerprint density at radius 2 is 1.54 bits per heavy atom. The van der Waals surface area contributed by atoms with Crippen LogP contribution in [0, 0.1) is 0 Å². The number of carbonyl (C=O) groups excluding carboxylic acids is 1. The van der Waals surface area contributed by atoms with Crippen LogP contribution >= 0.6 is 0 Å². The molecule has 1 atom stereocenters. The van der Waals surface area contributed by atoms with Crippen LogP contribution in [0.15, 0.2) is 61.5 Å². The van der Waals surface area contributed by atoms with Crippen molar-refractivity contribution in [2.45, 2.75) is 22.8 Å². The maximum atomic E-state index is 12.9. The summed E-state index contributed by atoms with van der Waals surface area (Å²) in [5, 5.41) is 13.0. The minimum Gasteiger partial charge on any atom is -0.744 e. The molecule has 0 saturated carbocycles. The van der Waals surface area contributed by atoms with E-state index in [1.54, 1.807) is 0 Å². The summed E-state index contributed by atoms with van der Waals surface area (Å²) in [4.78, 5) is 12.0. The fourth-order valence-electron chi connectivity index (χ4n) is 3.28. The SMILES string of the molecule is COc1cc(S(=O)(=O)CCOS(=O)(=O)[O-])c(OC)cc1N=NC1C(=O)N(c2ccc(S(=O)(=O)[O-])cc2)N=C1C.[Na+].[Na+]. The molecule has 2 aromatic carbocycles. The topological polar surface area (TPSA) is 234 Å². The van der Waals surface area contributed by atoms with Gasteiger partial charge < -0.3 is 18.6 Å². The number of anilines is 1. The molecule has 2 aromatic rings. The van der Waals surface area contributed by atoms with Crippen molar-refractivity contribution in [2.24, 2.45) is 15.3 Å². The van der Waals surface area contributed by atoms with Crippen molar-refractivity contribution in [1.29, 1.82) is 0 Å². The Hall–Kier alpha value is -1.49. The van der Waals surface area contributed by atoms with E-state index in [9.17, 15) is 39.2 Å². The molecule has 0 aromatic heterocycles. The smallest absolute Gasteiger partial charge is 0.744 e. The van der Waals surface area contributed by atoms with E-state index >= 15 is 0 Å². The first-order valence-electron chi connectivity index (χ1n) is 10.5. The number of methoxy groups -OCH3 is 2. The predicted molar refractivity (Wildman–Crippen MR) is 131 cm³/mol. The predicted octanol–water partition coefficient (Wildman–Crippen LogP) is -5.26. The van der Waals surface area contributed by atoms with Crippen LogP contribution in [0.5, 0.6) is 11.5 Å². The Kier molecular flexibility index (Phi) is 13.5. The normalized spacial score (nSPS) is 15.7. The van der Waals surface area contributed by atoms with Gasteiger partial charge in [0, 0.05) is 12.1 Å². The standard InChI is InChI=1S/C20H22N4O12S3.2Na/c1-12-19(20(25)24(23-12)13-4-6-14(7-5-13)38(28,29)30)22-21-15-10-17(35-3)18(11-16(15)34-2)37(26,27)9-8-36-39(31,32)33;;/h4-7,10-11,19H,8-9H2,1-3H3,(H,28,29,30)(H,31,32,33);;/q;2*+1/p-2. The zero-order chi connectivity index (χ0) is 29.2. The molecule has 21 heteroatoms. The Morgan fingerprint density at radius 3 is 2.05 bits per heavy atom. The second-order valence-electron chi connectivity index (χ2n) is 7.68. The summed E-state index contributed by atoms with van der Waals surface area (Å²) in [5.41, 5.74) is 0.366. The summed E-state index contributed by atoms with van der Waals surface area (Å²) < 4.78 is 105. The molecule has 0 aliphatic carbocycles. The zero-order valence-electron chi connectivity index (χ0n) is 22.4. The third-order valence-corrected chi connectivity index (χ3v) is 8.13. The summed E-state index contributed by atoms with van der Waals surface area (Å²) in [6.45, 7) is 0.575. The Morgan fingerprint density at radius 1 is 0.951 bits per heavy atom. The van der Waals surface area contributed by atoms with E-state index in [4.69, 9.17) is 9.47 Å². The van der Waals surface area contributed by atoms with Crippen LogP contribution in [0.25, 0.3) is 0 Å². The fraction of sp³-hybridized carbons (Fsp3) is 0.300. The second-order valence-corrected chi connectivity index (χ2v) is 12.2. The van der Waals surface area contributed by atoms with Crippen molar-refractivity contribution in [1.82, 2.24) is 0 Å². The van der Waals surface area contributed by atoms with Gasteiger partial charge in [0.25, 0.3) is 5.91 Å². The first-order chi connectivity index (χ1) is 18.1. The average molecular weight is 651 g/mol. The van der Waals surface area contributed by atoms with E-state index in [1.165, 1.54) is 33.3 Å². The van der Waals surface area contributed by atoms with Crippen molar-refractivity contribution in [2.75, 3.05) is 31.6 Å². The molecule has 0 spiro atoms. The van der Waals surface area contributed by atoms with Gasteiger partial charge in [0.1, 0.15) is 32.2 Å². The molecule has 3 rings (SSSR count). The Bertz CT molecular complexity index is 1660. The maximum absolute atomic E-state index is 12.9. The summed E-state index contributed by atoms with van der Waals surface area (Å²) in [5.74, 6) is -1.82. The molecule has 0 N–H and O–H groups in total. The number of hydrogen-bond donors (Lipinski definition) is 0. The first-order valence-corrected chi connectivity index (χ1v) is 14.9. The molecule has 1 heterocycles. The van der Waals surface area contributed by atoms with Gasteiger partial charge in [-0.1, -0.05) is 0 Å². The summed E-state index contributed by atoms with van der Waals surface area (Å²) in [6, 6.07) is 5.52. The molecule has 1 amide bonds. The van der Waals surface area contributed by atoms with Gasteiger partial charge in [-0.25, -0.2) is 25.3 Å². The van der Waals surface area contributed by atoms with Gasteiger partial charge >= 0.3 is 59.1 Å². The van der Waals surface area contributed by atoms with Crippen LogP contribution < -0.4 is 73.6 Å². The van der Waals surface area contributed by atoms with Gasteiger partial charge in [-0.3, -0.25) is 8.98 Å². The maximum Gasteiger partial charge on any atom is 1.00 e. The minimum atomic E-state index is -5.09. The molecule has 1 aliphatic heterocycles. The van der Waals surface area contributed by atoms with Crippen LogP contribution in [-0.2, 0) is 39.3 Å². The largest absolute Gasteiger partial charge is 1.00 e. The number of amides is 1. The van der Waals surface area contributed by atoms with Crippen LogP contribution in [0.2, 0.25) is 0 Å². The van der Waals surface area contributed by atoms with Gasteiger partial charge in [-0.2, -0.15) is 20.3 Å². The number of nitrogens with zero attached hydrogens (tertiary/aromatic N) is 4. The molecule has 0 bridgehead atoms. The van der Waals surface area contributed by atoms with E-state index in [-0.39, 0.29) is 87.7 Å². The van der Waals surface area contributed by atoms with Gasteiger partial charge in [0.05, 0.1) is 42.9 Å². The molecule has 212 valence electrons. The molecular weight excluding hydrogens is 630 g/mol. The first kappa shape index (κ1) is 37.5. The number of ether oxygens (including phenoxy) is 2. The second kappa shape index (κ2) is 14.8. The fourth-order valence-corrected chi connectivity index (χ4v) is 5.40. The summed E-state index contributed by atoms with van der Waals surface area (Å²) in [6.07, 6.45) is 0. The van der Waals surface area contributed by atoms with Crippen LogP contribution in [-0.4, -0.2) is 78.6 Å². The van der Waals surface area contributed by atoms with Gasteiger partial charge in [0.2, 0.25) is 10.4 Å². The quantitative estimate of drug-likeness (QED) is 0.0960. The Balaban J connectivity index is 0.00000420. The van der Waals surface area contributed by atoms with Gasteiger partial charge in [0.15, 0.2) is 15.9 Å². The molecule has 1 unspecified atom stereocenters. The summed E-state index contributed by atoms with van der Waals surface area (Å²) in [7, 11) is -11.6. The molecular formula is C20H20N4Na2O12S3. The van der Waals surface area contributed by atoms with Crippen molar-refractivity contribution >= 4 is 53.3 Å². The minimum absolute atomic E-state index is 0. The number of carbonyl (C=O) groups is 1. The van der Waals surface area contributed by atoms with E-state index < -0.39 is 64.5 Å². The van der Waals surface area contributed by atoms with Crippen molar-refractivity contribution in [3.05, 3.63) is 36.4 Å². The van der Waals surface area contributed by atoms with Gasteiger partial charge in [-0.15, -0.1) is 0 Å². The number of benzene rings is 2. The molecule has 0 fully saturated rings. The molecule has 0 radical (unpaired) electrons. The number of azo groups is 1. The molecule has 0 saturated heterocycles. The third-order valence-electron chi connectivity index (χ3n) is 5.13. The number of hydrogen-bond acceptors (Lipinski definition) is 15. The zero-order valence-corrected chi connectivity index (χ0v) is 28.8. The van der Waals surface area contributed by atoms with E-state index in [0.29, 0.717) is 0 Å². The van der Waals surface area contributed by atoms with E-state index in [1.807, 2.05) is 0 Å². The Labute approximate surface area is 280 Å². The van der Waals surface area contributed by atoms with Crippen molar-refractivity contribution in [3.8, 4) is 11.5 Å². The van der Waals surface area contributed by atoms with Crippen molar-refractivity contribution < 1.29 is 112 Å². The van der Waals surface area contributed by atoms with E-state index in [0.717, 1.165) is 29.3 Å². The monoisotopic (exact) mass is 650 g/mol. The van der Waals surface area contributed by atoms with Gasteiger partial charge in [-0.05, 0) is 31.2 Å². The summed E-state index contributed by atoms with van der Waals surface area (Å²) >= 11 is 0. The van der Waals surface area contributed by atoms with Crippen LogP contribution in [0.1, 0.15) is 6.92 Å². The van der Waals surface area contributed by atoms with Crippen LogP contribution in [0.3, 0.4) is 0 Å².